The van der Waals surface area contributed by atoms with Crippen LogP contribution < -0.4 is 21.7 Å². The molecule has 0 saturated carbocycles. The molecule has 0 spiro atoms. The smallest absolute Gasteiger partial charge is 0.403 e. The zero-order valence-electron chi connectivity index (χ0n) is 19.4. The van der Waals surface area contributed by atoms with Gasteiger partial charge in [-0.05, 0) is 36.6 Å². The molecule has 1 aliphatic heterocycles. The number of amides is 1. The Balaban J connectivity index is 1.70. The number of nitrogens with one attached hydrogen (secondary N) is 3. The number of likely N-dealkylation sites (N-methyl/N-ethyl adjacent to an activating group) is 1. The first-order valence-corrected chi connectivity index (χ1v) is 12.4. The third kappa shape index (κ3) is 6.82. The minimum absolute atomic E-state index is 0.0195. The Morgan fingerprint density at radius 1 is 1.42 bits per heavy atom. The van der Waals surface area contributed by atoms with Crippen molar-refractivity contribution < 1.29 is 28.6 Å². The van der Waals surface area contributed by atoms with E-state index >= 15 is 0 Å². The predicted octanol–water partition coefficient (Wildman–Crippen LogP) is 0.581. The fraction of sp³-hybridized carbons (Fsp3) is 0.450. The summed E-state index contributed by atoms with van der Waals surface area (Å²) < 4.78 is 24.8. The van der Waals surface area contributed by atoms with Crippen LogP contribution in [0.3, 0.4) is 0 Å². The molecule has 1 saturated heterocycles. The molecule has 2 aromatic rings. The van der Waals surface area contributed by atoms with Gasteiger partial charge < -0.3 is 20.1 Å². The Kier molecular flexibility index (Phi) is 8.69. The quantitative estimate of drug-likeness (QED) is 0.127. The highest BCUT2D eigenvalue weighted by Crippen LogP contribution is 2.40. The van der Waals surface area contributed by atoms with Gasteiger partial charge in [0.2, 0.25) is 5.91 Å². The van der Waals surface area contributed by atoms with Crippen LogP contribution in [0.5, 0.6) is 5.75 Å². The number of benzene rings is 1. The molecule has 15 nitrogen and oxygen atoms in total. The van der Waals surface area contributed by atoms with Gasteiger partial charge in [0.1, 0.15) is 18.0 Å². The number of azide groups is 1. The summed E-state index contributed by atoms with van der Waals surface area (Å²) in [5, 5.41) is 17.8. The topological polar surface area (TPSA) is 221 Å². The van der Waals surface area contributed by atoms with E-state index in [1.807, 2.05) is 0 Å². The van der Waals surface area contributed by atoms with E-state index in [1.54, 1.807) is 12.1 Å². The van der Waals surface area contributed by atoms with Gasteiger partial charge in [-0.2, -0.15) is 0 Å². The maximum Gasteiger partial charge on any atom is 0.403 e. The minimum atomic E-state index is -4.57. The largest absolute Gasteiger partial charge is 0.508 e. The second-order valence-corrected chi connectivity index (χ2v) is 9.66. The predicted molar refractivity (Wildman–Crippen MR) is 126 cm³/mol. The van der Waals surface area contributed by atoms with Crippen molar-refractivity contribution in [1.29, 1.82) is 0 Å². The maximum atomic E-state index is 12.7. The number of aryl methyl sites for hydroxylation is 1. The van der Waals surface area contributed by atoms with Gasteiger partial charge in [0.25, 0.3) is 5.56 Å². The Bertz CT molecular complexity index is 1300. The number of H-pyrrole nitrogens is 1. The number of aromatic nitrogens is 2. The summed E-state index contributed by atoms with van der Waals surface area (Å²) in [6.45, 7) is 1.00. The second-order valence-electron chi connectivity index (χ2n) is 8.10. The standard InChI is InChI=1S/C20H26N7O8P/c1-11-9-27(20(31)23-18(11)29)17-8-14(24-26-21)16(35-17)10-34-36(32,33)25-15(19(30)22-2)7-12-3-5-13(28)6-4-12/h3-6,9,14-17,28H,7-8,10H2,1-2H3,(H,22,30)(H,23,29,31)(H2,25,32,33)/t14?,15-,16+,17?/m0/s1. The van der Waals surface area contributed by atoms with E-state index in [9.17, 15) is 28.9 Å². The number of rotatable bonds is 10. The molecule has 2 heterocycles. The molecule has 3 unspecified atom stereocenters. The van der Waals surface area contributed by atoms with Crippen molar-refractivity contribution >= 4 is 13.7 Å². The van der Waals surface area contributed by atoms with Gasteiger partial charge in [0.05, 0.1) is 18.8 Å². The number of phenols is 1. The van der Waals surface area contributed by atoms with Crippen molar-refractivity contribution in [2.75, 3.05) is 13.7 Å². The van der Waals surface area contributed by atoms with Crippen LogP contribution in [-0.4, -0.2) is 57.3 Å². The summed E-state index contributed by atoms with van der Waals surface area (Å²) in [5.74, 6) is -0.541. The summed E-state index contributed by atoms with van der Waals surface area (Å²) in [6, 6.07) is 3.98. The Morgan fingerprint density at radius 3 is 2.75 bits per heavy atom. The lowest BCUT2D eigenvalue weighted by atomic mass is 10.1. The first-order chi connectivity index (χ1) is 17.0. The molecule has 1 amide bonds. The molecular formula is C20H26N7O8P. The van der Waals surface area contributed by atoms with E-state index in [0.29, 0.717) is 5.56 Å². The van der Waals surface area contributed by atoms with E-state index < -0.39 is 55.9 Å². The number of carbonyl (C=O) groups is 1. The highest BCUT2D eigenvalue weighted by Gasteiger charge is 2.38. The van der Waals surface area contributed by atoms with Gasteiger partial charge in [0, 0.05) is 30.1 Å². The third-order valence-corrected chi connectivity index (χ3v) is 6.67. The third-order valence-electron chi connectivity index (χ3n) is 5.53. The average Bonchev–Trinajstić information content (AvgIpc) is 3.23. The van der Waals surface area contributed by atoms with Crippen molar-refractivity contribution in [3.63, 3.8) is 0 Å². The van der Waals surface area contributed by atoms with Crippen LogP contribution in [0.25, 0.3) is 10.4 Å². The lowest BCUT2D eigenvalue weighted by Gasteiger charge is -2.23. The number of aromatic amines is 1. The van der Waals surface area contributed by atoms with Crippen LogP contribution in [-0.2, 0) is 25.0 Å². The SMILES string of the molecule is CNC(=O)[C@H](Cc1ccc(O)cc1)NP(=O)(O)OC[C@H]1OC(n2cc(C)c(=O)[nH]c2=O)CC1N=[N+]=[N-]. The van der Waals surface area contributed by atoms with Crippen molar-refractivity contribution in [3.05, 3.63) is 72.9 Å². The van der Waals surface area contributed by atoms with Gasteiger partial charge >= 0.3 is 13.4 Å². The molecule has 1 fully saturated rings. The Hall–Kier alpha value is -3.45. The van der Waals surface area contributed by atoms with Crippen LogP contribution >= 0.6 is 7.75 Å². The summed E-state index contributed by atoms with van der Waals surface area (Å²) in [7, 11) is -3.20. The number of hydrogen-bond donors (Lipinski definition) is 5. The molecular weight excluding hydrogens is 497 g/mol. The molecule has 1 aliphatic rings. The fourth-order valence-corrected chi connectivity index (χ4v) is 4.70. The zero-order valence-corrected chi connectivity index (χ0v) is 20.3. The molecule has 5 N–H and O–H groups in total. The van der Waals surface area contributed by atoms with Crippen LogP contribution in [0.1, 0.15) is 23.8 Å². The zero-order chi connectivity index (χ0) is 26.5. The molecule has 3 rings (SSSR count). The van der Waals surface area contributed by atoms with E-state index in [-0.39, 0.29) is 24.2 Å². The molecule has 5 atom stereocenters. The van der Waals surface area contributed by atoms with Gasteiger partial charge in [-0.25, -0.2) is 14.4 Å². The first kappa shape index (κ1) is 27.1. The summed E-state index contributed by atoms with van der Waals surface area (Å²) in [6.07, 6.45) is -0.544. The number of phenolic OH excluding ortho intramolecular Hbond substituents is 1. The van der Waals surface area contributed by atoms with Gasteiger partial charge in [-0.15, -0.1) is 0 Å². The Labute approximate surface area is 204 Å². The van der Waals surface area contributed by atoms with Crippen molar-refractivity contribution in [2.45, 2.75) is 44.2 Å². The molecule has 0 radical (unpaired) electrons. The fourth-order valence-electron chi connectivity index (χ4n) is 3.67. The molecule has 194 valence electrons. The van der Waals surface area contributed by atoms with Crippen LogP contribution in [0.4, 0.5) is 0 Å². The second kappa shape index (κ2) is 11.5. The van der Waals surface area contributed by atoms with E-state index in [0.717, 1.165) is 4.57 Å². The molecule has 0 bridgehead atoms. The van der Waals surface area contributed by atoms with Crippen molar-refractivity contribution in [2.24, 2.45) is 5.11 Å². The lowest BCUT2D eigenvalue weighted by Crippen LogP contribution is -2.43. The highest BCUT2D eigenvalue weighted by molar-refractivity contribution is 7.50. The highest BCUT2D eigenvalue weighted by atomic mass is 31.2. The number of aromatic hydroxyl groups is 1. The van der Waals surface area contributed by atoms with E-state index in [4.69, 9.17) is 14.8 Å². The normalized spacial score (nSPS) is 21.8. The number of nitrogens with zero attached hydrogens (tertiary/aromatic N) is 4. The average molecular weight is 523 g/mol. The Morgan fingerprint density at radius 2 is 2.11 bits per heavy atom. The first-order valence-electron chi connectivity index (χ1n) is 10.8. The maximum absolute atomic E-state index is 12.7. The number of carbonyl (C=O) groups excluding carboxylic acids is 1. The molecule has 0 aliphatic carbocycles. The van der Waals surface area contributed by atoms with Crippen molar-refractivity contribution in [1.82, 2.24) is 20.0 Å². The molecule has 1 aromatic carbocycles. The van der Waals surface area contributed by atoms with Crippen molar-refractivity contribution in [3.8, 4) is 5.75 Å². The minimum Gasteiger partial charge on any atom is -0.508 e. The van der Waals surface area contributed by atoms with Crippen LogP contribution in [0.2, 0.25) is 0 Å². The van der Waals surface area contributed by atoms with Gasteiger partial charge in [0.15, 0.2) is 0 Å². The van der Waals surface area contributed by atoms with E-state index in [1.165, 1.54) is 32.3 Å². The van der Waals surface area contributed by atoms with Gasteiger partial charge in [-0.1, -0.05) is 17.2 Å². The summed E-state index contributed by atoms with van der Waals surface area (Å²) >= 11 is 0. The summed E-state index contributed by atoms with van der Waals surface area (Å²) in [4.78, 5) is 51.4. The van der Waals surface area contributed by atoms with Crippen LogP contribution in [0, 0.1) is 6.92 Å². The van der Waals surface area contributed by atoms with Crippen LogP contribution in [0.15, 0.2) is 45.2 Å². The number of ether oxygens (including phenoxy) is 1. The molecule has 36 heavy (non-hydrogen) atoms. The lowest BCUT2D eigenvalue weighted by molar-refractivity contribution is -0.122. The number of hydrogen-bond acceptors (Lipinski definition) is 8. The van der Waals surface area contributed by atoms with Gasteiger partial charge in [-0.3, -0.25) is 23.7 Å². The molecule has 1 aromatic heterocycles. The monoisotopic (exact) mass is 523 g/mol. The summed E-state index contributed by atoms with van der Waals surface area (Å²) in [5.41, 5.74) is 8.49. The molecule has 16 heteroatoms. The van der Waals surface area contributed by atoms with E-state index in [2.05, 4.69) is 25.4 Å².